The van der Waals surface area contributed by atoms with Crippen molar-refractivity contribution in [2.45, 2.75) is 19.3 Å². The number of carbonyl (C=O) groups is 1. The van der Waals surface area contributed by atoms with Crippen LogP contribution >= 0.6 is 11.6 Å². The zero-order chi connectivity index (χ0) is 17.8. The number of halogens is 2. The standard InChI is InChI=1S/C19H19ClFNO3/c1-24-18-11-13(19(23)22-9-3-2-4-10-22)5-7-17(18)25-16-8-6-14(21)12-15(16)20/h5-8,11-12H,2-4,9-10H2,1H3. The summed E-state index contributed by atoms with van der Waals surface area (Å²) >= 11 is 5.99. The summed E-state index contributed by atoms with van der Waals surface area (Å²) < 4.78 is 24.2. The maximum Gasteiger partial charge on any atom is 0.253 e. The summed E-state index contributed by atoms with van der Waals surface area (Å²) in [6.07, 6.45) is 3.23. The molecule has 0 radical (unpaired) electrons. The number of likely N-dealkylation sites (tertiary alicyclic amines) is 1. The highest BCUT2D eigenvalue weighted by atomic mass is 35.5. The fraction of sp³-hybridized carbons (Fsp3) is 0.316. The predicted octanol–water partition coefficient (Wildman–Crippen LogP) is 4.91. The van der Waals surface area contributed by atoms with E-state index in [1.54, 1.807) is 18.2 Å². The summed E-state index contributed by atoms with van der Waals surface area (Å²) in [6, 6.07) is 8.91. The molecule has 0 aromatic heterocycles. The molecule has 0 unspecified atom stereocenters. The molecule has 0 spiro atoms. The molecule has 1 amide bonds. The van der Waals surface area contributed by atoms with Gasteiger partial charge in [0.1, 0.15) is 11.6 Å². The number of nitrogens with zero attached hydrogens (tertiary/aromatic N) is 1. The highest BCUT2D eigenvalue weighted by Gasteiger charge is 2.20. The van der Waals surface area contributed by atoms with Crippen LogP contribution in [0.4, 0.5) is 4.39 Å². The quantitative estimate of drug-likeness (QED) is 0.775. The largest absolute Gasteiger partial charge is 0.493 e. The Labute approximate surface area is 151 Å². The monoisotopic (exact) mass is 363 g/mol. The first-order valence-corrected chi connectivity index (χ1v) is 8.56. The van der Waals surface area contributed by atoms with Crippen LogP contribution in [-0.4, -0.2) is 31.0 Å². The lowest BCUT2D eigenvalue weighted by molar-refractivity contribution is 0.0724. The molecule has 2 aromatic carbocycles. The molecule has 1 aliphatic rings. The van der Waals surface area contributed by atoms with E-state index in [0.717, 1.165) is 32.4 Å². The van der Waals surface area contributed by atoms with Gasteiger partial charge in [-0.05, 0) is 55.7 Å². The van der Waals surface area contributed by atoms with Gasteiger partial charge in [0.05, 0.1) is 12.1 Å². The van der Waals surface area contributed by atoms with Gasteiger partial charge in [0.15, 0.2) is 11.5 Å². The Morgan fingerprint density at radius 1 is 1.04 bits per heavy atom. The minimum absolute atomic E-state index is 0.00985. The number of ether oxygens (including phenoxy) is 2. The van der Waals surface area contributed by atoms with Crippen LogP contribution in [0.25, 0.3) is 0 Å². The molecule has 132 valence electrons. The second-order valence-electron chi connectivity index (χ2n) is 5.90. The third kappa shape index (κ3) is 4.04. The minimum atomic E-state index is -0.438. The highest BCUT2D eigenvalue weighted by Crippen LogP contribution is 2.36. The molecule has 2 aromatic rings. The molecule has 6 heteroatoms. The second kappa shape index (κ2) is 7.74. The molecule has 0 N–H and O–H groups in total. The number of piperidine rings is 1. The average molecular weight is 364 g/mol. The molecule has 3 rings (SSSR count). The third-order valence-electron chi connectivity index (χ3n) is 4.17. The van der Waals surface area contributed by atoms with Crippen LogP contribution in [0.2, 0.25) is 5.02 Å². The average Bonchev–Trinajstić information content (AvgIpc) is 2.64. The molecule has 1 aliphatic heterocycles. The van der Waals surface area contributed by atoms with E-state index < -0.39 is 5.82 Å². The number of carbonyl (C=O) groups excluding carboxylic acids is 1. The molecular weight excluding hydrogens is 345 g/mol. The molecule has 0 bridgehead atoms. The number of benzene rings is 2. The van der Waals surface area contributed by atoms with Gasteiger partial charge in [-0.3, -0.25) is 4.79 Å². The van der Waals surface area contributed by atoms with Crippen molar-refractivity contribution in [1.82, 2.24) is 4.90 Å². The van der Waals surface area contributed by atoms with E-state index in [1.165, 1.54) is 25.3 Å². The molecule has 1 heterocycles. The van der Waals surface area contributed by atoms with Gasteiger partial charge in [-0.15, -0.1) is 0 Å². The Morgan fingerprint density at radius 3 is 2.44 bits per heavy atom. The fourth-order valence-electron chi connectivity index (χ4n) is 2.84. The second-order valence-corrected chi connectivity index (χ2v) is 6.30. The van der Waals surface area contributed by atoms with Crippen molar-refractivity contribution in [2.75, 3.05) is 20.2 Å². The summed E-state index contributed by atoms with van der Waals surface area (Å²) in [6.45, 7) is 1.56. The van der Waals surface area contributed by atoms with Crippen molar-refractivity contribution in [3.63, 3.8) is 0 Å². The van der Waals surface area contributed by atoms with E-state index >= 15 is 0 Å². The van der Waals surface area contributed by atoms with Crippen LogP contribution in [0.15, 0.2) is 36.4 Å². The van der Waals surface area contributed by atoms with Gasteiger partial charge in [-0.1, -0.05) is 11.6 Å². The summed E-state index contributed by atoms with van der Waals surface area (Å²) in [7, 11) is 1.50. The minimum Gasteiger partial charge on any atom is -0.493 e. The summed E-state index contributed by atoms with van der Waals surface area (Å²) in [4.78, 5) is 14.5. The van der Waals surface area contributed by atoms with E-state index in [0.29, 0.717) is 22.8 Å². The van der Waals surface area contributed by atoms with Gasteiger partial charge >= 0.3 is 0 Å². The fourth-order valence-corrected chi connectivity index (χ4v) is 3.05. The van der Waals surface area contributed by atoms with Crippen molar-refractivity contribution >= 4 is 17.5 Å². The zero-order valence-corrected chi connectivity index (χ0v) is 14.7. The number of hydrogen-bond acceptors (Lipinski definition) is 3. The Bertz CT molecular complexity index is 775. The van der Waals surface area contributed by atoms with E-state index in [1.807, 2.05) is 4.90 Å². The number of rotatable bonds is 4. The van der Waals surface area contributed by atoms with Gasteiger partial charge in [-0.2, -0.15) is 0 Å². The molecular formula is C19H19ClFNO3. The molecule has 0 aliphatic carbocycles. The Hall–Kier alpha value is -2.27. The first-order valence-electron chi connectivity index (χ1n) is 8.18. The Balaban J connectivity index is 1.82. The number of methoxy groups -OCH3 is 1. The van der Waals surface area contributed by atoms with E-state index in [2.05, 4.69) is 0 Å². The molecule has 1 saturated heterocycles. The van der Waals surface area contributed by atoms with E-state index in [-0.39, 0.29) is 10.9 Å². The Morgan fingerprint density at radius 2 is 1.76 bits per heavy atom. The third-order valence-corrected chi connectivity index (χ3v) is 4.46. The molecule has 4 nitrogen and oxygen atoms in total. The van der Waals surface area contributed by atoms with Crippen LogP contribution < -0.4 is 9.47 Å². The maximum absolute atomic E-state index is 13.1. The van der Waals surface area contributed by atoms with Crippen LogP contribution in [-0.2, 0) is 0 Å². The molecule has 25 heavy (non-hydrogen) atoms. The smallest absolute Gasteiger partial charge is 0.253 e. The van der Waals surface area contributed by atoms with Crippen LogP contribution in [0.3, 0.4) is 0 Å². The predicted molar refractivity (Wildman–Crippen MR) is 94.2 cm³/mol. The summed E-state index contributed by atoms with van der Waals surface area (Å²) in [5.41, 5.74) is 0.552. The van der Waals surface area contributed by atoms with Crippen LogP contribution in [0.1, 0.15) is 29.6 Å². The lowest BCUT2D eigenvalue weighted by Gasteiger charge is -2.27. The molecule has 0 saturated carbocycles. The van der Waals surface area contributed by atoms with Crippen molar-refractivity contribution in [2.24, 2.45) is 0 Å². The first kappa shape index (κ1) is 17.5. The topological polar surface area (TPSA) is 38.8 Å². The Kier molecular flexibility index (Phi) is 5.43. The zero-order valence-electron chi connectivity index (χ0n) is 13.9. The van der Waals surface area contributed by atoms with E-state index in [4.69, 9.17) is 21.1 Å². The molecule has 1 fully saturated rings. The van der Waals surface area contributed by atoms with Gasteiger partial charge in [0, 0.05) is 18.7 Å². The van der Waals surface area contributed by atoms with Crippen molar-refractivity contribution in [1.29, 1.82) is 0 Å². The van der Waals surface area contributed by atoms with Gasteiger partial charge in [-0.25, -0.2) is 4.39 Å². The maximum atomic E-state index is 13.1. The van der Waals surface area contributed by atoms with Crippen molar-refractivity contribution in [3.8, 4) is 17.2 Å². The number of amides is 1. The summed E-state index contributed by atoms with van der Waals surface area (Å²) in [5.74, 6) is 0.696. The van der Waals surface area contributed by atoms with Crippen LogP contribution in [0, 0.1) is 5.82 Å². The SMILES string of the molecule is COc1cc(C(=O)N2CCCCC2)ccc1Oc1ccc(F)cc1Cl. The van der Waals surface area contributed by atoms with Crippen molar-refractivity contribution in [3.05, 3.63) is 52.8 Å². The van der Waals surface area contributed by atoms with Crippen molar-refractivity contribution < 1.29 is 18.7 Å². The van der Waals surface area contributed by atoms with Gasteiger partial charge in [0.25, 0.3) is 5.91 Å². The van der Waals surface area contributed by atoms with Gasteiger partial charge in [0.2, 0.25) is 0 Å². The lowest BCUT2D eigenvalue weighted by atomic mass is 10.1. The normalized spacial score (nSPS) is 14.3. The highest BCUT2D eigenvalue weighted by molar-refractivity contribution is 6.32. The van der Waals surface area contributed by atoms with E-state index in [9.17, 15) is 9.18 Å². The number of hydrogen-bond donors (Lipinski definition) is 0. The van der Waals surface area contributed by atoms with Gasteiger partial charge < -0.3 is 14.4 Å². The van der Waals surface area contributed by atoms with Crippen LogP contribution in [0.5, 0.6) is 17.2 Å². The lowest BCUT2D eigenvalue weighted by Crippen LogP contribution is -2.35. The first-order chi connectivity index (χ1) is 12.1. The summed E-state index contributed by atoms with van der Waals surface area (Å²) in [5, 5.41) is 0.163. The molecule has 0 atom stereocenters.